The summed E-state index contributed by atoms with van der Waals surface area (Å²) in [5.41, 5.74) is 0.137. The van der Waals surface area contributed by atoms with E-state index in [0.29, 0.717) is 17.8 Å². The van der Waals surface area contributed by atoms with E-state index < -0.39 is 11.5 Å². The van der Waals surface area contributed by atoms with Gasteiger partial charge >= 0.3 is 5.97 Å². The van der Waals surface area contributed by atoms with Gasteiger partial charge in [0.25, 0.3) is 5.91 Å². The van der Waals surface area contributed by atoms with Gasteiger partial charge < -0.3 is 10.0 Å². The number of thiophene rings is 1. The molecule has 0 aromatic carbocycles. The largest absolute Gasteiger partial charge is 0.480 e. The van der Waals surface area contributed by atoms with Crippen molar-refractivity contribution in [1.82, 2.24) is 4.90 Å². The summed E-state index contributed by atoms with van der Waals surface area (Å²) in [6, 6.07) is 1.95. The van der Waals surface area contributed by atoms with E-state index in [4.69, 9.17) is 0 Å². The third-order valence-corrected chi connectivity index (χ3v) is 5.43. The molecule has 1 unspecified atom stereocenters. The second-order valence-electron chi connectivity index (χ2n) is 5.93. The molecular weight excluding hydrogens is 286 g/mol. The molecular formula is C16H23NO3S. The molecule has 1 fully saturated rings. The number of hydrogen-bond acceptors (Lipinski definition) is 3. The number of carboxylic acids is 1. The number of aliphatic carboxylic acids is 1. The van der Waals surface area contributed by atoms with Gasteiger partial charge in [0.2, 0.25) is 0 Å². The summed E-state index contributed by atoms with van der Waals surface area (Å²) >= 11 is 1.48. The van der Waals surface area contributed by atoms with Crippen LogP contribution in [0.25, 0.3) is 0 Å². The molecule has 5 heteroatoms. The number of likely N-dealkylation sites (tertiary alicyclic amines) is 1. The van der Waals surface area contributed by atoms with Crippen LogP contribution >= 0.6 is 11.3 Å². The average molecular weight is 309 g/mol. The molecule has 1 amide bonds. The average Bonchev–Trinajstić information content (AvgIpc) is 2.80. The lowest BCUT2D eigenvalue weighted by atomic mass is 9.88. The van der Waals surface area contributed by atoms with Crippen molar-refractivity contribution < 1.29 is 14.7 Å². The fourth-order valence-electron chi connectivity index (χ4n) is 2.94. The molecule has 0 aliphatic carbocycles. The third-order valence-electron chi connectivity index (χ3n) is 4.35. The number of carboxylic acid groups (broad SMARTS) is 1. The zero-order valence-electron chi connectivity index (χ0n) is 12.9. The van der Waals surface area contributed by atoms with Crippen LogP contribution in [0.1, 0.15) is 59.6 Å². The van der Waals surface area contributed by atoms with Crippen molar-refractivity contribution in [2.75, 3.05) is 6.54 Å². The van der Waals surface area contributed by atoms with Crippen molar-refractivity contribution in [2.24, 2.45) is 0 Å². The number of nitrogens with zero attached hydrogens (tertiary/aromatic N) is 1. The van der Waals surface area contributed by atoms with Crippen molar-refractivity contribution in [2.45, 2.75) is 58.4 Å². The van der Waals surface area contributed by atoms with Gasteiger partial charge in [0.1, 0.15) is 5.54 Å². The van der Waals surface area contributed by atoms with Gasteiger partial charge in [0.15, 0.2) is 0 Å². The van der Waals surface area contributed by atoms with Gasteiger partial charge in [-0.05, 0) is 51.2 Å². The molecule has 4 nitrogen and oxygen atoms in total. The van der Waals surface area contributed by atoms with Gasteiger partial charge in [0.05, 0.1) is 4.88 Å². The molecule has 1 aliphatic rings. The van der Waals surface area contributed by atoms with Gasteiger partial charge in [-0.3, -0.25) is 4.79 Å². The lowest BCUT2D eigenvalue weighted by Gasteiger charge is -2.41. The molecule has 1 N–H and O–H groups in total. The zero-order chi connectivity index (χ0) is 15.6. The number of amides is 1. The van der Waals surface area contributed by atoms with E-state index in [1.807, 2.05) is 13.0 Å². The minimum absolute atomic E-state index is 0.130. The minimum atomic E-state index is -1.07. The SMILES string of the molecule is CCCc1cc(C(=O)N2CCCCC2(C)C(=O)O)sc1C. The Morgan fingerprint density at radius 1 is 1.43 bits per heavy atom. The molecule has 0 radical (unpaired) electrons. The first kappa shape index (κ1) is 16.0. The number of rotatable bonds is 4. The Hall–Kier alpha value is -1.36. The standard InChI is InChI=1S/C16H23NO3S/c1-4-7-12-10-13(21-11(12)2)14(18)17-9-6-5-8-16(17,3)15(19)20/h10H,4-9H2,1-3H3,(H,19,20). The van der Waals surface area contributed by atoms with Crippen molar-refractivity contribution in [3.8, 4) is 0 Å². The van der Waals surface area contributed by atoms with Gasteiger partial charge in [-0.2, -0.15) is 0 Å². The maximum Gasteiger partial charge on any atom is 0.329 e. The van der Waals surface area contributed by atoms with Crippen molar-refractivity contribution >= 4 is 23.2 Å². The second-order valence-corrected chi connectivity index (χ2v) is 7.19. The molecule has 2 rings (SSSR count). The summed E-state index contributed by atoms with van der Waals surface area (Å²) in [5, 5.41) is 9.52. The smallest absolute Gasteiger partial charge is 0.329 e. The highest BCUT2D eigenvalue weighted by molar-refractivity contribution is 7.14. The lowest BCUT2D eigenvalue weighted by molar-refractivity contribution is -0.150. The normalized spacial score (nSPS) is 22.3. The van der Waals surface area contributed by atoms with Crippen molar-refractivity contribution in [1.29, 1.82) is 0 Å². The Morgan fingerprint density at radius 2 is 2.14 bits per heavy atom. The maximum atomic E-state index is 12.8. The summed E-state index contributed by atoms with van der Waals surface area (Å²) < 4.78 is 0. The third kappa shape index (κ3) is 2.98. The lowest BCUT2D eigenvalue weighted by Crippen LogP contribution is -2.57. The summed E-state index contributed by atoms with van der Waals surface area (Å²) in [7, 11) is 0. The van der Waals surface area contributed by atoms with E-state index in [9.17, 15) is 14.7 Å². The molecule has 1 aliphatic heterocycles. The van der Waals surface area contributed by atoms with E-state index >= 15 is 0 Å². The molecule has 1 atom stereocenters. The summed E-state index contributed by atoms with van der Waals surface area (Å²) in [6.07, 6.45) is 4.27. The highest BCUT2D eigenvalue weighted by atomic mass is 32.1. The predicted molar refractivity (Wildman–Crippen MR) is 84.0 cm³/mol. The number of carbonyl (C=O) groups excluding carboxylic acids is 1. The van der Waals surface area contributed by atoms with Gasteiger partial charge in [-0.25, -0.2) is 4.79 Å². The Balaban J connectivity index is 2.29. The number of aryl methyl sites for hydroxylation is 2. The second kappa shape index (κ2) is 6.18. The van der Waals surface area contributed by atoms with Gasteiger partial charge in [-0.1, -0.05) is 13.3 Å². The van der Waals surface area contributed by atoms with Crippen LogP contribution in [0.4, 0.5) is 0 Å². The maximum absolute atomic E-state index is 12.8. The molecule has 1 aromatic rings. The van der Waals surface area contributed by atoms with E-state index in [0.717, 1.165) is 30.6 Å². The van der Waals surface area contributed by atoms with Gasteiger partial charge in [0, 0.05) is 11.4 Å². The molecule has 2 heterocycles. The highest BCUT2D eigenvalue weighted by Crippen LogP contribution is 2.32. The van der Waals surface area contributed by atoms with Crippen LogP contribution in [0.2, 0.25) is 0 Å². The van der Waals surface area contributed by atoms with Crippen LogP contribution in [-0.2, 0) is 11.2 Å². The van der Waals surface area contributed by atoms with E-state index in [-0.39, 0.29) is 5.91 Å². The molecule has 0 spiro atoms. The number of carbonyl (C=O) groups is 2. The fraction of sp³-hybridized carbons (Fsp3) is 0.625. The minimum Gasteiger partial charge on any atom is -0.480 e. The van der Waals surface area contributed by atoms with Crippen LogP contribution < -0.4 is 0 Å². The first-order valence-corrected chi connectivity index (χ1v) is 8.36. The Morgan fingerprint density at radius 3 is 2.76 bits per heavy atom. The quantitative estimate of drug-likeness (QED) is 0.926. The van der Waals surface area contributed by atoms with Crippen LogP contribution in [0.5, 0.6) is 0 Å². The highest BCUT2D eigenvalue weighted by Gasteiger charge is 2.44. The molecule has 1 saturated heterocycles. The summed E-state index contributed by atoms with van der Waals surface area (Å²) in [4.78, 5) is 27.8. The van der Waals surface area contributed by atoms with E-state index in [2.05, 4.69) is 6.92 Å². The van der Waals surface area contributed by atoms with Gasteiger partial charge in [-0.15, -0.1) is 11.3 Å². The molecule has 21 heavy (non-hydrogen) atoms. The number of hydrogen-bond donors (Lipinski definition) is 1. The Bertz CT molecular complexity index is 552. The van der Waals surface area contributed by atoms with Crippen LogP contribution in [0.15, 0.2) is 6.07 Å². The van der Waals surface area contributed by atoms with Crippen molar-refractivity contribution in [3.63, 3.8) is 0 Å². The molecule has 0 bridgehead atoms. The number of piperidine rings is 1. The van der Waals surface area contributed by atoms with Crippen LogP contribution in [0.3, 0.4) is 0 Å². The molecule has 1 aromatic heterocycles. The first-order valence-electron chi connectivity index (χ1n) is 7.55. The van der Waals surface area contributed by atoms with E-state index in [1.165, 1.54) is 16.9 Å². The first-order chi connectivity index (χ1) is 9.90. The summed E-state index contributed by atoms with van der Waals surface area (Å²) in [5.74, 6) is -1.03. The predicted octanol–water partition coefficient (Wildman–Crippen LogP) is 3.48. The summed E-state index contributed by atoms with van der Waals surface area (Å²) in [6.45, 7) is 6.34. The molecule has 0 saturated carbocycles. The monoisotopic (exact) mass is 309 g/mol. The Kier molecular flexibility index (Phi) is 4.71. The zero-order valence-corrected chi connectivity index (χ0v) is 13.8. The topological polar surface area (TPSA) is 57.6 Å². The van der Waals surface area contributed by atoms with Crippen LogP contribution in [0, 0.1) is 6.92 Å². The van der Waals surface area contributed by atoms with Crippen LogP contribution in [-0.4, -0.2) is 34.0 Å². The van der Waals surface area contributed by atoms with E-state index in [1.54, 1.807) is 11.8 Å². The fourth-order valence-corrected chi connectivity index (χ4v) is 3.97. The van der Waals surface area contributed by atoms with Crippen molar-refractivity contribution in [3.05, 3.63) is 21.4 Å². The Labute approximate surface area is 129 Å². The molecule has 116 valence electrons.